The van der Waals surface area contributed by atoms with Crippen LogP contribution in [0.5, 0.6) is 0 Å². The van der Waals surface area contributed by atoms with Crippen LogP contribution < -0.4 is 0 Å². The minimum absolute atomic E-state index is 0.0171. The van der Waals surface area contributed by atoms with Crippen molar-refractivity contribution in [2.45, 2.75) is 75.4 Å². The molecule has 13 heteroatoms. The van der Waals surface area contributed by atoms with Crippen molar-refractivity contribution in [1.82, 2.24) is 0 Å². The molecule has 5 rings (SSSR count). The molecule has 0 unspecified atom stereocenters. The summed E-state index contributed by atoms with van der Waals surface area (Å²) in [5, 5.41) is 30.8. The molecule has 0 aromatic heterocycles. The van der Waals surface area contributed by atoms with E-state index < -0.39 is 65.7 Å². The summed E-state index contributed by atoms with van der Waals surface area (Å²) in [6.07, 6.45) is -7.93. The highest BCUT2D eigenvalue weighted by Gasteiger charge is 2.55. The molecule has 1 aliphatic heterocycles. The molecule has 1 saturated heterocycles. The predicted molar refractivity (Wildman–Crippen MR) is 172 cm³/mol. The average molecular weight is 688 g/mol. The van der Waals surface area contributed by atoms with Crippen LogP contribution >= 0.6 is 0 Å². The van der Waals surface area contributed by atoms with Crippen LogP contribution in [-0.2, 0) is 58.1 Å². The third-order valence-electron chi connectivity index (χ3n) is 8.60. The van der Waals surface area contributed by atoms with E-state index in [1.165, 1.54) is 0 Å². The van der Waals surface area contributed by atoms with Crippen molar-refractivity contribution < 1.29 is 56.2 Å². The van der Waals surface area contributed by atoms with E-state index in [-0.39, 0.29) is 46.1 Å². The lowest BCUT2D eigenvalue weighted by Crippen LogP contribution is -2.53. The van der Waals surface area contributed by atoms with E-state index in [9.17, 15) is 28.3 Å². The fourth-order valence-electron chi connectivity index (χ4n) is 6.16. The van der Waals surface area contributed by atoms with E-state index in [4.69, 9.17) is 27.9 Å². The van der Waals surface area contributed by atoms with Gasteiger partial charge in [-0.3, -0.25) is 4.55 Å². The summed E-state index contributed by atoms with van der Waals surface area (Å²) in [6, 6.07) is 28.2. The summed E-state index contributed by atoms with van der Waals surface area (Å²) >= 11 is 0. The van der Waals surface area contributed by atoms with Crippen molar-refractivity contribution in [2.24, 2.45) is 5.92 Å². The summed E-state index contributed by atoms with van der Waals surface area (Å²) in [7, 11) is -5.07. The Labute approximate surface area is 281 Å². The Balaban J connectivity index is 1.46. The fourth-order valence-corrected chi connectivity index (χ4v) is 6.68. The number of aliphatic hydroxyl groups excluding tert-OH is 3. The molecule has 8 atom stereocenters. The second kappa shape index (κ2) is 17.7. The fraction of sp³-hybridized carbons (Fsp3) is 0.457. The Morgan fingerprint density at radius 2 is 1.40 bits per heavy atom. The van der Waals surface area contributed by atoms with Crippen molar-refractivity contribution in [3.8, 4) is 0 Å². The van der Waals surface area contributed by atoms with Gasteiger partial charge in [0.15, 0.2) is 5.92 Å². The van der Waals surface area contributed by atoms with Gasteiger partial charge in [0.05, 0.1) is 33.0 Å². The molecule has 0 bridgehead atoms. The van der Waals surface area contributed by atoms with Gasteiger partial charge >= 0.3 is 10.4 Å². The molecular weight excluding hydrogens is 644 g/mol. The van der Waals surface area contributed by atoms with Gasteiger partial charge in [-0.1, -0.05) is 91.0 Å². The van der Waals surface area contributed by atoms with E-state index in [2.05, 4.69) is 0 Å². The molecule has 0 radical (unpaired) electrons. The Hall–Kier alpha value is -2.92. The second-order valence-electron chi connectivity index (χ2n) is 12.0. The largest absolute Gasteiger partial charge is 0.397 e. The topological polar surface area (TPSA) is 170 Å². The Morgan fingerprint density at radius 1 is 0.812 bits per heavy atom. The van der Waals surface area contributed by atoms with Crippen molar-refractivity contribution in [3.63, 3.8) is 0 Å². The standard InChI is InChI=1S/C35H42O12S/c36-18-28-27(16-29(37)32(28)38)17-30-34(47-48(39,40)41)35(44-21-26-14-8-3-9-15-26)33(46-23-45-30)31(43-20-25-12-6-2-7-13-25)22-42-19-24-10-4-1-5-11-24/h1-15,28-38H,16-23H2/p+1/t28-,29+,30+,31+,32+,33+,34+,35+/m0/s1. The molecule has 260 valence electrons. The smallest absolute Gasteiger partial charge is 0.392 e. The number of benzene rings is 3. The van der Waals surface area contributed by atoms with Crippen LogP contribution in [0.2, 0.25) is 0 Å². The molecule has 2 aliphatic rings. The predicted octanol–water partition coefficient (Wildman–Crippen LogP) is 3.00. The van der Waals surface area contributed by atoms with Crippen LogP contribution in [0.1, 0.15) is 29.5 Å². The first kappa shape index (κ1) is 36.4. The maximum Gasteiger partial charge on any atom is 0.397 e. The number of aliphatic hydroxyl groups is 3. The van der Waals surface area contributed by atoms with Gasteiger partial charge in [0.2, 0.25) is 0 Å². The minimum Gasteiger partial charge on any atom is -0.392 e. The van der Waals surface area contributed by atoms with Gasteiger partial charge in [-0.2, -0.15) is 8.42 Å². The average Bonchev–Trinajstić information content (AvgIpc) is 3.25. The molecule has 1 aliphatic carbocycles. The van der Waals surface area contributed by atoms with E-state index >= 15 is 0 Å². The first-order valence-electron chi connectivity index (χ1n) is 15.8. The summed E-state index contributed by atoms with van der Waals surface area (Å²) in [5.41, 5.74) is 2.60. The second-order valence-corrected chi connectivity index (χ2v) is 13.0. The number of hydrogen-bond donors (Lipinski definition) is 4. The first-order chi connectivity index (χ1) is 23.2. The maximum absolute atomic E-state index is 12.4. The van der Waals surface area contributed by atoms with Gasteiger partial charge in [-0.15, -0.1) is 0 Å². The van der Waals surface area contributed by atoms with Crippen LogP contribution in [-0.4, -0.2) is 91.0 Å². The lowest BCUT2D eigenvalue weighted by molar-refractivity contribution is -0.183. The van der Waals surface area contributed by atoms with E-state index in [0.717, 1.165) is 16.7 Å². The molecule has 0 spiro atoms. The summed E-state index contributed by atoms with van der Waals surface area (Å²) in [5.74, 6) is -0.221. The normalized spacial score (nSPS) is 27.1. The van der Waals surface area contributed by atoms with E-state index in [1.54, 1.807) is 0 Å². The van der Waals surface area contributed by atoms with E-state index in [0.29, 0.717) is 5.92 Å². The SMILES string of the molecule is O=S(=O)(O)O[C@H]1[C@H](OCc2ccccc2)[C@@H]([C@@H](COCc2ccccc2)OCc2ccccc2)OCO[C@@H]1C[C+]1C[C@@H](O)[C@H](O)[C@H]1CO. The zero-order chi connectivity index (χ0) is 33.9. The molecule has 2 fully saturated rings. The Kier molecular flexibility index (Phi) is 13.4. The molecule has 4 N–H and O–H groups in total. The zero-order valence-corrected chi connectivity index (χ0v) is 27.2. The van der Waals surface area contributed by atoms with Gasteiger partial charge in [0.1, 0.15) is 68.3 Å². The van der Waals surface area contributed by atoms with Crippen LogP contribution in [0.25, 0.3) is 0 Å². The third kappa shape index (κ3) is 10.3. The maximum atomic E-state index is 12.4. The van der Waals surface area contributed by atoms with E-state index in [1.807, 2.05) is 91.0 Å². The van der Waals surface area contributed by atoms with Gasteiger partial charge in [-0.05, 0) is 16.7 Å². The summed E-state index contributed by atoms with van der Waals surface area (Å²) in [6.45, 7) is -0.297. The van der Waals surface area contributed by atoms with Gasteiger partial charge in [0.25, 0.3) is 0 Å². The van der Waals surface area contributed by atoms with Gasteiger partial charge in [-0.25, -0.2) is 4.18 Å². The zero-order valence-electron chi connectivity index (χ0n) is 26.4. The van der Waals surface area contributed by atoms with Crippen LogP contribution in [0.15, 0.2) is 91.0 Å². The monoisotopic (exact) mass is 687 g/mol. The minimum atomic E-state index is -5.07. The molecule has 12 nitrogen and oxygen atoms in total. The molecule has 1 saturated carbocycles. The molecule has 0 amide bonds. The quantitative estimate of drug-likeness (QED) is 0.128. The highest BCUT2D eigenvalue weighted by atomic mass is 32.3. The Morgan fingerprint density at radius 3 is 1.98 bits per heavy atom. The highest BCUT2D eigenvalue weighted by molar-refractivity contribution is 7.80. The molecule has 48 heavy (non-hydrogen) atoms. The molecule has 3 aromatic rings. The highest BCUT2D eigenvalue weighted by Crippen LogP contribution is 2.40. The van der Waals surface area contributed by atoms with Crippen molar-refractivity contribution in [1.29, 1.82) is 0 Å². The lowest BCUT2D eigenvalue weighted by Gasteiger charge is -2.35. The molecule has 3 aromatic carbocycles. The first-order valence-corrected chi connectivity index (χ1v) is 17.2. The van der Waals surface area contributed by atoms with Crippen molar-refractivity contribution >= 4 is 10.4 Å². The number of hydrogen-bond acceptors (Lipinski definition) is 11. The van der Waals surface area contributed by atoms with Crippen molar-refractivity contribution in [2.75, 3.05) is 20.0 Å². The Bertz CT molecular complexity index is 1460. The third-order valence-corrected chi connectivity index (χ3v) is 9.07. The van der Waals surface area contributed by atoms with Gasteiger partial charge in [0, 0.05) is 0 Å². The van der Waals surface area contributed by atoms with Crippen molar-refractivity contribution in [3.05, 3.63) is 114 Å². The number of ether oxygens (including phenoxy) is 5. The molecule has 1 heterocycles. The summed E-state index contributed by atoms with van der Waals surface area (Å²) in [4.78, 5) is 0. The van der Waals surface area contributed by atoms with Crippen LogP contribution in [0.4, 0.5) is 0 Å². The van der Waals surface area contributed by atoms with Crippen LogP contribution in [0, 0.1) is 11.8 Å². The van der Waals surface area contributed by atoms with Crippen LogP contribution in [0.3, 0.4) is 0 Å². The number of rotatable bonds is 16. The lowest BCUT2D eigenvalue weighted by atomic mass is 9.86. The van der Waals surface area contributed by atoms with Gasteiger partial charge < -0.3 is 39.0 Å². The summed E-state index contributed by atoms with van der Waals surface area (Å²) < 4.78 is 71.2. The molecular formula is C35H43O12S+.